The van der Waals surface area contributed by atoms with Gasteiger partial charge >= 0.3 is 0 Å². The molecule has 0 radical (unpaired) electrons. The number of aromatic hydroxyl groups is 1. The second-order valence-electron chi connectivity index (χ2n) is 5.60. The van der Waals surface area contributed by atoms with E-state index in [-0.39, 0.29) is 11.3 Å². The fourth-order valence-electron chi connectivity index (χ4n) is 2.66. The first-order valence-electron chi connectivity index (χ1n) is 7.45. The van der Waals surface area contributed by atoms with Gasteiger partial charge in [0.15, 0.2) is 0 Å². The molecule has 0 saturated heterocycles. The number of fused-ring (bicyclic) bond motifs is 3. The third kappa shape index (κ3) is 2.25. The van der Waals surface area contributed by atoms with Gasteiger partial charge in [0, 0.05) is 16.5 Å². The van der Waals surface area contributed by atoms with Gasteiger partial charge in [0.25, 0.3) is 5.56 Å². The van der Waals surface area contributed by atoms with Crippen LogP contribution in [-0.4, -0.2) is 26.0 Å². The molecule has 6 heteroatoms. The second-order valence-corrected chi connectivity index (χ2v) is 5.60. The molecule has 2 aromatic carbocycles. The van der Waals surface area contributed by atoms with Crippen LogP contribution in [-0.2, 0) is 0 Å². The zero-order chi connectivity index (χ0) is 16.7. The summed E-state index contributed by atoms with van der Waals surface area (Å²) in [5.74, 6) is 0.101. The summed E-state index contributed by atoms with van der Waals surface area (Å²) in [7, 11) is 0. The SMILES string of the molecule is Cc1ccc2[nH]c3c(=O)n(/N=C/c4ccccc4O)cnc3c2c1. The molecule has 2 heterocycles. The van der Waals surface area contributed by atoms with Crippen molar-refractivity contribution in [3.05, 3.63) is 70.3 Å². The highest BCUT2D eigenvalue weighted by molar-refractivity contribution is 6.04. The van der Waals surface area contributed by atoms with Gasteiger partial charge in [-0.15, -0.1) is 0 Å². The maximum Gasteiger partial charge on any atom is 0.298 e. The van der Waals surface area contributed by atoms with Gasteiger partial charge in [-0.3, -0.25) is 4.79 Å². The lowest BCUT2D eigenvalue weighted by Crippen LogP contribution is -2.17. The van der Waals surface area contributed by atoms with Gasteiger partial charge in [-0.05, 0) is 31.2 Å². The maximum absolute atomic E-state index is 12.6. The molecular weight excluding hydrogens is 304 g/mol. The van der Waals surface area contributed by atoms with E-state index >= 15 is 0 Å². The van der Waals surface area contributed by atoms with E-state index in [1.54, 1.807) is 24.3 Å². The number of hydrogen-bond acceptors (Lipinski definition) is 4. The minimum absolute atomic E-state index is 0.101. The average molecular weight is 318 g/mol. The van der Waals surface area contributed by atoms with Crippen LogP contribution >= 0.6 is 0 Å². The molecule has 0 spiro atoms. The molecule has 2 aromatic heterocycles. The van der Waals surface area contributed by atoms with Crippen molar-refractivity contribution in [2.24, 2.45) is 5.10 Å². The number of aromatic amines is 1. The number of para-hydroxylation sites is 1. The van der Waals surface area contributed by atoms with Gasteiger partial charge in [0.2, 0.25) is 0 Å². The maximum atomic E-state index is 12.6. The summed E-state index contributed by atoms with van der Waals surface area (Å²) >= 11 is 0. The number of benzene rings is 2. The van der Waals surface area contributed by atoms with Crippen LogP contribution < -0.4 is 5.56 Å². The molecule has 24 heavy (non-hydrogen) atoms. The van der Waals surface area contributed by atoms with E-state index in [2.05, 4.69) is 15.1 Å². The molecule has 0 saturated carbocycles. The highest BCUT2D eigenvalue weighted by Crippen LogP contribution is 2.22. The van der Waals surface area contributed by atoms with Crippen molar-refractivity contribution in [1.29, 1.82) is 0 Å². The Morgan fingerprint density at radius 3 is 2.92 bits per heavy atom. The standard InChI is InChI=1S/C18H14N4O2/c1-11-6-7-14-13(8-11)16-17(21-14)18(24)22(10-19-16)20-9-12-4-2-3-5-15(12)23/h2-10,21,23H,1H3/b20-9+. The van der Waals surface area contributed by atoms with E-state index in [0.717, 1.165) is 21.1 Å². The Kier molecular flexibility index (Phi) is 3.16. The summed E-state index contributed by atoms with van der Waals surface area (Å²) < 4.78 is 1.15. The monoisotopic (exact) mass is 318 g/mol. The van der Waals surface area contributed by atoms with Crippen molar-refractivity contribution in [2.45, 2.75) is 6.92 Å². The zero-order valence-corrected chi connectivity index (χ0v) is 12.9. The first kappa shape index (κ1) is 14.2. The van der Waals surface area contributed by atoms with Crippen LogP contribution in [0.25, 0.3) is 21.9 Å². The van der Waals surface area contributed by atoms with E-state index < -0.39 is 0 Å². The van der Waals surface area contributed by atoms with E-state index in [1.807, 2.05) is 25.1 Å². The van der Waals surface area contributed by atoms with Gasteiger partial charge < -0.3 is 10.1 Å². The van der Waals surface area contributed by atoms with Gasteiger partial charge in [0.1, 0.15) is 23.1 Å². The van der Waals surface area contributed by atoms with Crippen LogP contribution in [0.3, 0.4) is 0 Å². The molecule has 0 atom stereocenters. The fraction of sp³-hybridized carbons (Fsp3) is 0.0556. The number of aryl methyl sites for hydroxylation is 1. The molecular formula is C18H14N4O2. The van der Waals surface area contributed by atoms with Crippen LogP contribution in [0.4, 0.5) is 0 Å². The second kappa shape index (κ2) is 5.34. The van der Waals surface area contributed by atoms with Crippen LogP contribution in [0.2, 0.25) is 0 Å². The largest absolute Gasteiger partial charge is 0.507 e. The van der Waals surface area contributed by atoms with Crippen molar-refractivity contribution in [3.8, 4) is 5.75 Å². The van der Waals surface area contributed by atoms with Crippen molar-refractivity contribution in [1.82, 2.24) is 14.6 Å². The Morgan fingerprint density at radius 2 is 2.08 bits per heavy atom. The van der Waals surface area contributed by atoms with Gasteiger partial charge in [0.05, 0.1) is 6.21 Å². The van der Waals surface area contributed by atoms with E-state index in [1.165, 1.54) is 12.5 Å². The molecule has 0 fully saturated rings. The topological polar surface area (TPSA) is 83.3 Å². The van der Waals surface area contributed by atoms with Gasteiger partial charge in [-0.2, -0.15) is 9.78 Å². The predicted molar refractivity (Wildman–Crippen MR) is 93.7 cm³/mol. The lowest BCUT2D eigenvalue weighted by atomic mass is 10.2. The molecule has 4 aromatic rings. The minimum atomic E-state index is -0.291. The van der Waals surface area contributed by atoms with Crippen molar-refractivity contribution < 1.29 is 5.11 Å². The average Bonchev–Trinajstić information content (AvgIpc) is 2.94. The smallest absolute Gasteiger partial charge is 0.298 e. The van der Waals surface area contributed by atoms with Crippen molar-refractivity contribution >= 4 is 28.2 Å². The first-order valence-corrected chi connectivity index (χ1v) is 7.45. The molecule has 0 aliphatic heterocycles. The quantitative estimate of drug-likeness (QED) is 0.557. The van der Waals surface area contributed by atoms with Gasteiger partial charge in [-0.1, -0.05) is 23.8 Å². The Balaban J connectivity index is 1.86. The number of phenolic OH excluding ortho intramolecular Hbond substituents is 1. The Bertz CT molecular complexity index is 1150. The zero-order valence-electron chi connectivity index (χ0n) is 12.9. The lowest BCUT2D eigenvalue weighted by molar-refractivity contribution is 0.474. The van der Waals surface area contributed by atoms with Crippen LogP contribution in [0.15, 0.2) is 58.7 Å². The lowest BCUT2D eigenvalue weighted by Gasteiger charge is -1.99. The fourth-order valence-corrected chi connectivity index (χ4v) is 2.66. The highest BCUT2D eigenvalue weighted by atomic mass is 16.3. The Morgan fingerprint density at radius 1 is 1.25 bits per heavy atom. The molecule has 0 bridgehead atoms. The Hall–Kier alpha value is -3.41. The number of nitrogens with zero attached hydrogens (tertiary/aromatic N) is 3. The molecule has 0 aliphatic rings. The first-order chi connectivity index (χ1) is 11.6. The van der Waals surface area contributed by atoms with Crippen LogP contribution in [0.5, 0.6) is 5.75 Å². The minimum Gasteiger partial charge on any atom is -0.507 e. The van der Waals surface area contributed by atoms with E-state index in [4.69, 9.17) is 0 Å². The van der Waals surface area contributed by atoms with Crippen LogP contribution in [0, 0.1) is 6.92 Å². The molecule has 2 N–H and O–H groups in total. The third-order valence-corrected chi connectivity index (χ3v) is 3.90. The number of H-pyrrole nitrogens is 1. The summed E-state index contributed by atoms with van der Waals surface area (Å²) in [5, 5.41) is 14.8. The van der Waals surface area contributed by atoms with Crippen molar-refractivity contribution in [3.63, 3.8) is 0 Å². The summed E-state index contributed by atoms with van der Waals surface area (Å²) in [4.78, 5) is 20.1. The Labute approximate surface area is 136 Å². The predicted octanol–water partition coefficient (Wildman–Crippen LogP) is 2.77. The number of phenols is 1. The summed E-state index contributed by atoms with van der Waals surface area (Å²) in [5.41, 5.74) is 3.24. The number of hydrogen-bond donors (Lipinski definition) is 2. The third-order valence-electron chi connectivity index (χ3n) is 3.90. The van der Waals surface area contributed by atoms with E-state index in [9.17, 15) is 9.90 Å². The molecule has 0 unspecified atom stereocenters. The molecule has 0 amide bonds. The summed E-state index contributed by atoms with van der Waals surface area (Å²) in [6.07, 6.45) is 2.81. The molecule has 6 nitrogen and oxygen atoms in total. The number of rotatable bonds is 2. The molecule has 118 valence electrons. The highest BCUT2D eigenvalue weighted by Gasteiger charge is 2.10. The van der Waals surface area contributed by atoms with Crippen molar-refractivity contribution in [2.75, 3.05) is 0 Å². The van der Waals surface area contributed by atoms with E-state index in [0.29, 0.717) is 16.6 Å². The number of nitrogens with one attached hydrogen (secondary N) is 1. The molecule has 4 rings (SSSR count). The molecule has 0 aliphatic carbocycles. The normalized spacial score (nSPS) is 11.7. The van der Waals surface area contributed by atoms with Gasteiger partial charge in [-0.25, -0.2) is 4.98 Å². The summed E-state index contributed by atoms with van der Waals surface area (Å²) in [6.45, 7) is 2.00. The van der Waals surface area contributed by atoms with Crippen LogP contribution in [0.1, 0.15) is 11.1 Å². The summed E-state index contributed by atoms with van der Waals surface area (Å²) in [6, 6.07) is 12.7. The number of aromatic nitrogens is 3.